The first-order valence-corrected chi connectivity index (χ1v) is 4.90. The van der Waals surface area contributed by atoms with E-state index in [9.17, 15) is 4.79 Å². The maximum atomic E-state index is 11.3. The summed E-state index contributed by atoms with van der Waals surface area (Å²) in [6, 6.07) is 7.75. The molecule has 80 valence electrons. The van der Waals surface area contributed by atoms with E-state index in [-0.39, 0.29) is 11.8 Å². The summed E-state index contributed by atoms with van der Waals surface area (Å²) in [5, 5.41) is 1.27. The van der Waals surface area contributed by atoms with Crippen molar-refractivity contribution < 1.29 is 9.53 Å². The Kier molecular flexibility index (Phi) is 2.60. The standard InChI is InChI=1S/C11H14N2O2/c1-15-10-5-3-2-4-9(10)8-6-11(14)13(12)7-8/h2-5,8H,6-7,12H2,1H3. The minimum atomic E-state index is -0.00842. The number of nitrogens with two attached hydrogens (primary N) is 1. The predicted molar refractivity (Wildman–Crippen MR) is 56.3 cm³/mol. The van der Waals surface area contributed by atoms with Crippen molar-refractivity contribution in [3.63, 3.8) is 0 Å². The first-order chi connectivity index (χ1) is 7.22. The van der Waals surface area contributed by atoms with Gasteiger partial charge in [-0.3, -0.25) is 9.80 Å². The molecule has 2 N–H and O–H groups in total. The molecule has 0 aliphatic carbocycles. The number of hydrazine groups is 1. The van der Waals surface area contributed by atoms with Crippen LogP contribution in [0.25, 0.3) is 0 Å². The summed E-state index contributed by atoms with van der Waals surface area (Å²) < 4.78 is 5.26. The lowest BCUT2D eigenvalue weighted by Crippen LogP contribution is -2.31. The molecule has 0 spiro atoms. The lowest BCUT2D eigenvalue weighted by molar-refractivity contribution is -0.127. The highest BCUT2D eigenvalue weighted by Crippen LogP contribution is 2.32. The smallest absolute Gasteiger partial charge is 0.237 e. The normalized spacial score (nSPS) is 20.8. The summed E-state index contributed by atoms with van der Waals surface area (Å²) in [6.45, 7) is 0.569. The number of methoxy groups -OCH3 is 1. The monoisotopic (exact) mass is 206 g/mol. The van der Waals surface area contributed by atoms with Crippen LogP contribution in [0.5, 0.6) is 5.75 Å². The Morgan fingerprint density at radius 2 is 2.20 bits per heavy atom. The summed E-state index contributed by atoms with van der Waals surface area (Å²) in [7, 11) is 1.63. The molecule has 0 bridgehead atoms. The van der Waals surface area contributed by atoms with Crippen molar-refractivity contribution >= 4 is 5.91 Å². The molecular formula is C11H14N2O2. The quantitative estimate of drug-likeness (QED) is 0.577. The molecule has 1 heterocycles. The Hall–Kier alpha value is -1.55. The van der Waals surface area contributed by atoms with Gasteiger partial charge in [-0.25, -0.2) is 5.84 Å². The second-order valence-electron chi connectivity index (χ2n) is 3.69. The van der Waals surface area contributed by atoms with E-state index in [1.165, 1.54) is 5.01 Å². The minimum Gasteiger partial charge on any atom is -0.496 e. The number of hydrogen-bond donors (Lipinski definition) is 1. The highest BCUT2D eigenvalue weighted by atomic mass is 16.5. The molecule has 1 amide bonds. The van der Waals surface area contributed by atoms with Gasteiger partial charge in [-0.2, -0.15) is 0 Å². The third-order valence-corrected chi connectivity index (χ3v) is 2.74. The molecule has 4 nitrogen and oxygen atoms in total. The van der Waals surface area contributed by atoms with Crippen LogP contribution in [0.2, 0.25) is 0 Å². The van der Waals surface area contributed by atoms with Crippen LogP contribution in [-0.2, 0) is 4.79 Å². The number of carbonyl (C=O) groups is 1. The van der Waals surface area contributed by atoms with Crippen molar-refractivity contribution in [2.24, 2.45) is 5.84 Å². The maximum absolute atomic E-state index is 11.3. The number of rotatable bonds is 2. The number of benzene rings is 1. The topological polar surface area (TPSA) is 55.6 Å². The Balaban J connectivity index is 2.27. The molecule has 1 aromatic carbocycles. The van der Waals surface area contributed by atoms with Gasteiger partial charge in [-0.1, -0.05) is 18.2 Å². The fourth-order valence-electron chi connectivity index (χ4n) is 1.94. The first-order valence-electron chi connectivity index (χ1n) is 4.90. The van der Waals surface area contributed by atoms with Crippen LogP contribution < -0.4 is 10.6 Å². The largest absolute Gasteiger partial charge is 0.496 e. The molecule has 15 heavy (non-hydrogen) atoms. The van der Waals surface area contributed by atoms with Crippen molar-refractivity contribution in [2.45, 2.75) is 12.3 Å². The number of ether oxygens (including phenoxy) is 1. The van der Waals surface area contributed by atoms with Crippen LogP contribution in [0, 0.1) is 0 Å². The van der Waals surface area contributed by atoms with Crippen molar-refractivity contribution in [1.82, 2.24) is 5.01 Å². The lowest BCUT2D eigenvalue weighted by atomic mass is 9.97. The molecule has 1 aliphatic heterocycles. The summed E-state index contributed by atoms with van der Waals surface area (Å²) in [6.07, 6.45) is 0.469. The third kappa shape index (κ3) is 1.80. The van der Waals surface area contributed by atoms with E-state index >= 15 is 0 Å². The van der Waals surface area contributed by atoms with Gasteiger partial charge < -0.3 is 4.74 Å². The molecule has 2 rings (SSSR count). The van der Waals surface area contributed by atoms with Crippen molar-refractivity contribution in [3.05, 3.63) is 29.8 Å². The second-order valence-corrected chi connectivity index (χ2v) is 3.69. The number of hydrogen-bond acceptors (Lipinski definition) is 3. The van der Waals surface area contributed by atoms with E-state index in [2.05, 4.69) is 0 Å². The summed E-state index contributed by atoms with van der Waals surface area (Å²) in [5.41, 5.74) is 1.06. The molecule has 0 aromatic heterocycles. The number of carbonyl (C=O) groups excluding carboxylic acids is 1. The molecule has 1 fully saturated rings. The Labute approximate surface area is 88.6 Å². The van der Waals surface area contributed by atoms with Gasteiger partial charge in [0.1, 0.15) is 5.75 Å². The molecule has 4 heteroatoms. The molecule has 0 radical (unpaired) electrons. The van der Waals surface area contributed by atoms with Crippen molar-refractivity contribution in [3.8, 4) is 5.75 Å². The molecule has 1 atom stereocenters. The van der Waals surface area contributed by atoms with Gasteiger partial charge in [0.05, 0.1) is 7.11 Å². The Bertz CT molecular complexity index is 379. The van der Waals surface area contributed by atoms with E-state index < -0.39 is 0 Å². The van der Waals surface area contributed by atoms with Crippen LogP contribution in [0.3, 0.4) is 0 Å². The van der Waals surface area contributed by atoms with Crippen LogP contribution in [0.1, 0.15) is 17.9 Å². The van der Waals surface area contributed by atoms with E-state index in [0.717, 1.165) is 11.3 Å². The number of para-hydroxylation sites is 1. The van der Waals surface area contributed by atoms with Gasteiger partial charge in [0.15, 0.2) is 0 Å². The fourth-order valence-corrected chi connectivity index (χ4v) is 1.94. The molecule has 1 aliphatic rings. The van der Waals surface area contributed by atoms with E-state index in [4.69, 9.17) is 10.6 Å². The van der Waals surface area contributed by atoms with Gasteiger partial charge in [-0.05, 0) is 11.6 Å². The summed E-state index contributed by atoms with van der Waals surface area (Å²) in [4.78, 5) is 11.3. The average Bonchev–Trinajstić information content (AvgIpc) is 2.59. The van der Waals surface area contributed by atoms with Gasteiger partial charge in [-0.15, -0.1) is 0 Å². The third-order valence-electron chi connectivity index (χ3n) is 2.74. The molecular weight excluding hydrogens is 192 g/mol. The highest BCUT2D eigenvalue weighted by molar-refractivity contribution is 5.79. The maximum Gasteiger partial charge on any atom is 0.237 e. The summed E-state index contributed by atoms with van der Waals surface area (Å²) >= 11 is 0. The van der Waals surface area contributed by atoms with Gasteiger partial charge in [0.2, 0.25) is 5.91 Å². The summed E-state index contributed by atoms with van der Waals surface area (Å²) in [5.74, 6) is 6.51. The molecule has 1 unspecified atom stereocenters. The van der Waals surface area contributed by atoms with E-state index in [1.807, 2.05) is 24.3 Å². The van der Waals surface area contributed by atoms with Crippen LogP contribution >= 0.6 is 0 Å². The van der Waals surface area contributed by atoms with Crippen LogP contribution in [0.15, 0.2) is 24.3 Å². The van der Waals surface area contributed by atoms with Gasteiger partial charge in [0, 0.05) is 18.9 Å². The Morgan fingerprint density at radius 1 is 1.47 bits per heavy atom. The molecule has 1 saturated heterocycles. The van der Waals surface area contributed by atoms with Gasteiger partial charge in [0.25, 0.3) is 0 Å². The average molecular weight is 206 g/mol. The van der Waals surface area contributed by atoms with Gasteiger partial charge >= 0.3 is 0 Å². The number of amides is 1. The minimum absolute atomic E-state index is 0.00842. The Morgan fingerprint density at radius 3 is 2.80 bits per heavy atom. The zero-order valence-electron chi connectivity index (χ0n) is 8.64. The zero-order valence-corrected chi connectivity index (χ0v) is 8.64. The van der Waals surface area contributed by atoms with E-state index in [1.54, 1.807) is 7.11 Å². The van der Waals surface area contributed by atoms with Crippen LogP contribution in [-0.4, -0.2) is 24.6 Å². The highest BCUT2D eigenvalue weighted by Gasteiger charge is 2.30. The second kappa shape index (κ2) is 3.90. The van der Waals surface area contributed by atoms with Crippen molar-refractivity contribution in [2.75, 3.05) is 13.7 Å². The van der Waals surface area contributed by atoms with Crippen molar-refractivity contribution in [1.29, 1.82) is 0 Å². The fraction of sp³-hybridized carbons (Fsp3) is 0.364. The molecule has 0 saturated carbocycles. The number of nitrogens with zero attached hydrogens (tertiary/aromatic N) is 1. The van der Waals surface area contributed by atoms with Crippen LogP contribution in [0.4, 0.5) is 0 Å². The SMILES string of the molecule is COc1ccccc1C1CC(=O)N(N)C1. The lowest BCUT2D eigenvalue weighted by Gasteiger charge is -2.13. The predicted octanol–water partition coefficient (Wildman–Crippen LogP) is 0.885. The van der Waals surface area contributed by atoms with E-state index in [0.29, 0.717) is 13.0 Å². The molecule has 1 aromatic rings. The zero-order chi connectivity index (χ0) is 10.8. The first kappa shape index (κ1) is 9.98.